The number of hydrogen-bond donors (Lipinski definition) is 0. The zero-order valence-corrected chi connectivity index (χ0v) is 13.5. The first-order valence-electron chi connectivity index (χ1n) is 6.91. The van der Waals surface area contributed by atoms with Crippen LogP contribution in [0.5, 0.6) is 0 Å². The van der Waals surface area contributed by atoms with E-state index in [-0.39, 0.29) is 12.0 Å². The van der Waals surface area contributed by atoms with Crippen molar-refractivity contribution in [3.63, 3.8) is 0 Å². The second kappa shape index (κ2) is 5.24. The largest absolute Gasteiger partial charge is 0.375 e. The van der Waals surface area contributed by atoms with E-state index < -0.39 is 0 Å². The molecular weight excluding hydrogens is 284 g/mol. The Morgan fingerprint density at radius 2 is 2.19 bits per heavy atom. The van der Waals surface area contributed by atoms with Crippen molar-refractivity contribution in [1.82, 2.24) is 4.98 Å². The van der Waals surface area contributed by atoms with Crippen molar-refractivity contribution in [2.24, 2.45) is 0 Å². The first kappa shape index (κ1) is 14.2. The third kappa shape index (κ3) is 2.36. The van der Waals surface area contributed by atoms with Crippen molar-refractivity contribution >= 4 is 22.9 Å². The highest BCUT2D eigenvalue weighted by Crippen LogP contribution is 2.35. The molecule has 4 nitrogen and oxygen atoms in total. The van der Waals surface area contributed by atoms with Crippen LogP contribution in [0, 0.1) is 6.92 Å². The maximum atomic E-state index is 11.8. The van der Waals surface area contributed by atoms with Crippen LogP contribution in [-0.4, -0.2) is 25.0 Å². The molecule has 0 saturated carbocycles. The van der Waals surface area contributed by atoms with E-state index in [1.165, 1.54) is 4.88 Å². The Balaban J connectivity index is 2.01. The predicted octanol–water partition coefficient (Wildman–Crippen LogP) is 3.34. The summed E-state index contributed by atoms with van der Waals surface area (Å²) in [5.41, 5.74) is 4.14. The van der Waals surface area contributed by atoms with Crippen molar-refractivity contribution in [2.75, 3.05) is 19.1 Å². The summed E-state index contributed by atoms with van der Waals surface area (Å²) in [5, 5.41) is 0.985. The van der Waals surface area contributed by atoms with Gasteiger partial charge < -0.3 is 9.64 Å². The van der Waals surface area contributed by atoms with Gasteiger partial charge in [0.05, 0.1) is 12.1 Å². The van der Waals surface area contributed by atoms with Crippen LogP contribution in [0.3, 0.4) is 0 Å². The number of likely N-dealkylation sites (N-methyl/N-ethyl adjacent to an activating group) is 1. The molecule has 0 radical (unpaired) electrons. The van der Waals surface area contributed by atoms with Crippen molar-refractivity contribution in [2.45, 2.75) is 26.4 Å². The number of amides is 1. The SMILES string of the molecule is COC(C)c1nc(-c2ccc3c(c2)CC(=O)N3C)c(C)s1. The fourth-order valence-electron chi connectivity index (χ4n) is 2.58. The van der Waals surface area contributed by atoms with Gasteiger partial charge in [-0.1, -0.05) is 6.07 Å². The van der Waals surface area contributed by atoms with Gasteiger partial charge in [0.1, 0.15) is 11.1 Å². The first-order chi connectivity index (χ1) is 10.0. The smallest absolute Gasteiger partial charge is 0.231 e. The number of fused-ring (bicyclic) bond motifs is 1. The van der Waals surface area contributed by atoms with E-state index in [9.17, 15) is 4.79 Å². The van der Waals surface area contributed by atoms with Crippen LogP contribution in [0.1, 0.15) is 28.5 Å². The van der Waals surface area contributed by atoms with Gasteiger partial charge in [0.25, 0.3) is 0 Å². The molecule has 1 aromatic heterocycles. The zero-order chi connectivity index (χ0) is 15.1. The summed E-state index contributed by atoms with van der Waals surface area (Å²) in [5.74, 6) is 0.144. The number of nitrogens with zero attached hydrogens (tertiary/aromatic N) is 2. The molecule has 1 aliphatic rings. The van der Waals surface area contributed by atoms with Crippen LogP contribution >= 0.6 is 11.3 Å². The van der Waals surface area contributed by atoms with E-state index in [1.807, 2.05) is 26.1 Å². The maximum absolute atomic E-state index is 11.8. The van der Waals surface area contributed by atoms with E-state index in [1.54, 1.807) is 23.3 Å². The van der Waals surface area contributed by atoms with E-state index in [0.29, 0.717) is 6.42 Å². The minimum atomic E-state index is 0.00425. The summed E-state index contributed by atoms with van der Waals surface area (Å²) in [6.07, 6.45) is 0.481. The van der Waals surface area contributed by atoms with Crippen molar-refractivity contribution < 1.29 is 9.53 Å². The molecule has 1 aliphatic heterocycles. The first-order valence-corrected chi connectivity index (χ1v) is 7.73. The average molecular weight is 302 g/mol. The standard InChI is InChI=1S/C16H18N2O2S/c1-9(20-4)16-17-15(10(2)21-16)11-5-6-13-12(7-11)8-14(19)18(13)3/h5-7,9H,8H2,1-4H3. The van der Waals surface area contributed by atoms with Crippen LogP contribution < -0.4 is 4.90 Å². The second-order valence-corrected chi connectivity index (χ2v) is 6.54. The highest BCUT2D eigenvalue weighted by atomic mass is 32.1. The van der Waals surface area contributed by atoms with E-state index in [2.05, 4.69) is 13.0 Å². The second-order valence-electron chi connectivity index (χ2n) is 5.31. The molecule has 1 atom stereocenters. The lowest BCUT2D eigenvalue weighted by molar-refractivity contribution is -0.117. The molecule has 0 bridgehead atoms. The lowest BCUT2D eigenvalue weighted by Gasteiger charge is -2.10. The normalized spacial score (nSPS) is 15.4. The summed E-state index contributed by atoms with van der Waals surface area (Å²) >= 11 is 1.66. The number of anilines is 1. The number of carbonyl (C=O) groups excluding carboxylic acids is 1. The highest BCUT2D eigenvalue weighted by molar-refractivity contribution is 7.12. The lowest BCUT2D eigenvalue weighted by atomic mass is 10.1. The van der Waals surface area contributed by atoms with E-state index >= 15 is 0 Å². The molecule has 0 saturated heterocycles. The Hall–Kier alpha value is -1.72. The average Bonchev–Trinajstić information content (AvgIpc) is 2.99. The molecule has 1 amide bonds. The van der Waals surface area contributed by atoms with Crippen molar-refractivity contribution in [3.05, 3.63) is 33.6 Å². The minimum Gasteiger partial charge on any atom is -0.375 e. The summed E-state index contributed by atoms with van der Waals surface area (Å²) in [7, 11) is 3.51. The zero-order valence-electron chi connectivity index (χ0n) is 12.6. The topological polar surface area (TPSA) is 42.4 Å². The van der Waals surface area contributed by atoms with E-state index in [4.69, 9.17) is 9.72 Å². The number of rotatable bonds is 3. The summed E-state index contributed by atoms with van der Waals surface area (Å²) < 4.78 is 5.34. The third-order valence-corrected chi connectivity index (χ3v) is 5.08. The molecule has 0 N–H and O–H groups in total. The fourth-order valence-corrected chi connectivity index (χ4v) is 3.55. The molecule has 1 aromatic carbocycles. The Kier molecular flexibility index (Phi) is 3.55. The summed E-state index contributed by atoms with van der Waals surface area (Å²) in [6.45, 7) is 4.07. The fraction of sp³-hybridized carbons (Fsp3) is 0.375. The van der Waals surface area contributed by atoms with Gasteiger partial charge in [0, 0.05) is 30.3 Å². The molecule has 2 heterocycles. The van der Waals surface area contributed by atoms with Crippen LogP contribution in [0.2, 0.25) is 0 Å². The molecule has 0 fully saturated rings. The minimum absolute atomic E-state index is 0.00425. The highest BCUT2D eigenvalue weighted by Gasteiger charge is 2.24. The third-order valence-electron chi connectivity index (χ3n) is 3.94. The van der Waals surface area contributed by atoms with Gasteiger partial charge in [0.15, 0.2) is 0 Å². The van der Waals surface area contributed by atoms with Gasteiger partial charge in [0.2, 0.25) is 5.91 Å². The van der Waals surface area contributed by atoms with Crippen LogP contribution in [0.4, 0.5) is 5.69 Å². The summed E-state index contributed by atoms with van der Waals surface area (Å²) in [4.78, 5) is 19.4. The Morgan fingerprint density at radius 3 is 2.90 bits per heavy atom. The predicted molar refractivity (Wildman–Crippen MR) is 84.8 cm³/mol. The molecule has 5 heteroatoms. The summed E-state index contributed by atoms with van der Waals surface area (Å²) in [6, 6.07) is 6.13. The van der Waals surface area contributed by atoms with Gasteiger partial charge in [-0.15, -0.1) is 11.3 Å². The van der Waals surface area contributed by atoms with Crippen molar-refractivity contribution in [1.29, 1.82) is 0 Å². The maximum Gasteiger partial charge on any atom is 0.231 e. The molecule has 1 unspecified atom stereocenters. The van der Waals surface area contributed by atoms with Crippen LogP contribution in [0.15, 0.2) is 18.2 Å². The van der Waals surface area contributed by atoms with Gasteiger partial charge >= 0.3 is 0 Å². The number of carbonyl (C=O) groups is 1. The molecule has 21 heavy (non-hydrogen) atoms. The number of hydrogen-bond acceptors (Lipinski definition) is 4. The van der Waals surface area contributed by atoms with Crippen LogP contribution in [-0.2, 0) is 16.0 Å². The van der Waals surface area contributed by atoms with Gasteiger partial charge in [-0.3, -0.25) is 4.79 Å². The van der Waals surface area contributed by atoms with Crippen LogP contribution in [0.25, 0.3) is 11.3 Å². The molecular formula is C16H18N2O2S. The molecule has 0 aliphatic carbocycles. The Morgan fingerprint density at radius 1 is 1.43 bits per heavy atom. The molecule has 110 valence electrons. The van der Waals surface area contributed by atoms with Gasteiger partial charge in [-0.05, 0) is 31.5 Å². The number of methoxy groups -OCH3 is 1. The molecule has 0 spiro atoms. The monoisotopic (exact) mass is 302 g/mol. The van der Waals surface area contributed by atoms with Gasteiger partial charge in [-0.25, -0.2) is 4.98 Å². The molecule has 3 rings (SSSR count). The number of ether oxygens (including phenoxy) is 1. The number of benzene rings is 1. The Bertz CT molecular complexity index is 708. The quantitative estimate of drug-likeness (QED) is 0.873. The molecule has 2 aromatic rings. The number of aromatic nitrogens is 1. The Labute approximate surface area is 128 Å². The number of thiazole rings is 1. The van der Waals surface area contributed by atoms with Crippen molar-refractivity contribution in [3.8, 4) is 11.3 Å². The van der Waals surface area contributed by atoms with E-state index in [0.717, 1.165) is 27.5 Å². The van der Waals surface area contributed by atoms with Gasteiger partial charge in [-0.2, -0.15) is 0 Å². The lowest BCUT2D eigenvalue weighted by Crippen LogP contribution is -2.20. The number of aryl methyl sites for hydroxylation is 1.